The average molecular weight is 340 g/mol. The summed E-state index contributed by atoms with van der Waals surface area (Å²) in [7, 11) is 0. The van der Waals surface area contributed by atoms with Gasteiger partial charge in [-0.05, 0) is 43.4 Å². The zero-order chi connectivity index (χ0) is 14.7. The van der Waals surface area contributed by atoms with Gasteiger partial charge < -0.3 is 10.4 Å². The number of carboxylic acids is 1. The molecular formula is C15H18BrNO3. The van der Waals surface area contributed by atoms with Gasteiger partial charge in [0.05, 0.1) is 5.92 Å². The predicted octanol–water partition coefficient (Wildman–Crippen LogP) is 2.67. The molecule has 1 fully saturated rings. The number of carboxylic acid groups (broad SMARTS) is 1. The lowest BCUT2D eigenvalue weighted by Crippen LogP contribution is -2.46. The highest BCUT2D eigenvalue weighted by atomic mass is 79.9. The first-order valence-corrected chi connectivity index (χ1v) is 7.52. The van der Waals surface area contributed by atoms with E-state index in [1.54, 1.807) is 0 Å². The molecule has 108 valence electrons. The second-order valence-electron chi connectivity index (χ2n) is 5.35. The van der Waals surface area contributed by atoms with Gasteiger partial charge in [-0.1, -0.05) is 28.1 Å². The maximum absolute atomic E-state index is 11.8. The van der Waals surface area contributed by atoms with Gasteiger partial charge in [-0.3, -0.25) is 9.59 Å². The Bertz CT molecular complexity index is 524. The Morgan fingerprint density at radius 2 is 2.10 bits per heavy atom. The summed E-state index contributed by atoms with van der Waals surface area (Å²) in [6.07, 6.45) is 2.25. The van der Waals surface area contributed by atoms with Crippen LogP contribution in [0.5, 0.6) is 0 Å². The zero-order valence-corrected chi connectivity index (χ0v) is 12.9. The molecule has 5 heteroatoms. The van der Waals surface area contributed by atoms with Crippen LogP contribution in [0.2, 0.25) is 0 Å². The van der Waals surface area contributed by atoms with Crippen molar-refractivity contribution >= 4 is 27.8 Å². The number of nitrogens with one attached hydrogen (secondary N) is 1. The van der Waals surface area contributed by atoms with Crippen LogP contribution in [-0.2, 0) is 16.0 Å². The number of halogens is 1. The number of carbonyl (C=O) groups excluding carboxylic acids is 1. The number of carbonyl (C=O) groups is 2. The summed E-state index contributed by atoms with van der Waals surface area (Å²) in [5.74, 6) is -1.05. The third-order valence-corrected chi connectivity index (χ3v) is 4.61. The lowest BCUT2D eigenvalue weighted by Gasteiger charge is -2.32. The number of rotatable bonds is 5. The van der Waals surface area contributed by atoms with Crippen molar-refractivity contribution in [1.29, 1.82) is 0 Å². The molecule has 1 aliphatic carbocycles. The van der Waals surface area contributed by atoms with Crippen molar-refractivity contribution in [3.63, 3.8) is 0 Å². The first-order chi connectivity index (χ1) is 9.45. The largest absolute Gasteiger partial charge is 0.481 e. The number of amides is 1. The summed E-state index contributed by atoms with van der Waals surface area (Å²) >= 11 is 3.45. The van der Waals surface area contributed by atoms with Gasteiger partial charge in [-0.25, -0.2) is 0 Å². The third-order valence-electron chi connectivity index (χ3n) is 3.72. The van der Waals surface area contributed by atoms with E-state index in [1.165, 1.54) is 0 Å². The summed E-state index contributed by atoms with van der Waals surface area (Å²) in [5, 5.41) is 11.7. The van der Waals surface area contributed by atoms with Gasteiger partial charge in [0.25, 0.3) is 0 Å². The monoisotopic (exact) mass is 339 g/mol. The van der Waals surface area contributed by atoms with Crippen molar-refractivity contribution in [2.45, 2.75) is 38.6 Å². The summed E-state index contributed by atoms with van der Waals surface area (Å²) in [6.45, 7) is 2.02. The highest BCUT2D eigenvalue weighted by Crippen LogP contribution is 2.27. The van der Waals surface area contributed by atoms with Crippen LogP contribution < -0.4 is 5.32 Å². The molecule has 0 aromatic heterocycles. The van der Waals surface area contributed by atoms with Crippen LogP contribution in [0.25, 0.3) is 0 Å². The first-order valence-electron chi connectivity index (χ1n) is 6.73. The molecule has 0 bridgehead atoms. The normalized spacial score (nSPS) is 21.1. The Labute approximate surface area is 126 Å². The van der Waals surface area contributed by atoms with E-state index in [0.29, 0.717) is 25.7 Å². The van der Waals surface area contributed by atoms with Crippen molar-refractivity contribution in [3.05, 3.63) is 33.8 Å². The minimum atomic E-state index is -0.763. The molecule has 4 nitrogen and oxygen atoms in total. The third kappa shape index (κ3) is 3.82. The van der Waals surface area contributed by atoms with Gasteiger partial charge in [0, 0.05) is 16.9 Å². The van der Waals surface area contributed by atoms with Crippen LogP contribution in [0.4, 0.5) is 0 Å². The molecule has 0 spiro atoms. The number of hydrogen-bond acceptors (Lipinski definition) is 2. The van der Waals surface area contributed by atoms with Crippen LogP contribution in [0.3, 0.4) is 0 Å². The van der Waals surface area contributed by atoms with Crippen LogP contribution >= 0.6 is 15.9 Å². The molecule has 20 heavy (non-hydrogen) atoms. The van der Waals surface area contributed by atoms with Crippen LogP contribution in [-0.4, -0.2) is 23.0 Å². The Morgan fingerprint density at radius 3 is 2.70 bits per heavy atom. The molecule has 0 heterocycles. The molecule has 1 saturated carbocycles. The van der Waals surface area contributed by atoms with Gasteiger partial charge in [0.2, 0.25) is 5.91 Å². The van der Waals surface area contributed by atoms with E-state index in [4.69, 9.17) is 5.11 Å². The first kappa shape index (κ1) is 15.0. The van der Waals surface area contributed by atoms with Crippen molar-refractivity contribution in [1.82, 2.24) is 5.32 Å². The average Bonchev–Trinajstić information content (AvgIpc) is 2.34. The van der Waals surface area contributed by atoms with E-state index in [0.717, 1.165) is 15.6 Å². The van der Waals surface area contributed by atoms with E-state index in [-0.39, 0.29) is 17.9 Å². The van der Waals surface area contributed by atoms with E-state index >= 15 is 0 Å². The van der Waals surface area contributed by atoms with Crippen molar-refractivity contribution in [2.24, 2.45) is 5.92 Å². The molecule has 2 rings (SSSR count). The van der Waals surface area contributed by atoms with Crippen LogP contribution in [0.1, 0.15) is 30.4 Å². The standard InChI is InChI=1S/C15H18BrNO3/c1-9-6-10(2-4-13(9)16)3-5-14(18)17-12-7-11(8-12)15(19)20/h2,4,6,11-12H,3,5,7-8H2,1H3,(H,17,18)(H,19,20). The maximum Gasteiger partial charge on any atom is 0.306 e. The lowest BCUT2D eigenvalue weighted by molar-refractivity contribution is -0.146. The molecule has 1 amide bonds. The smallest absolute Gasteiger partial charge is 0.306 e. The molecular weight excluding hydrogens is 322 g/mol. The zero-order valence-electron chi connectivity index (χ0n) is 11.4. The fourth-order valence-electron chi connectivity index (χ4n) is 2.36. The summed E-state index contributed by atoms with van der Waals surface area (Å²) < 4.78 is 1.07. The number of hydrogen-bond donors (Lipinski definition) is 2. The Balaban J connectivity index is 1.73. The molecule has 0 saturated heterocycles. The molecule has 0 atom stereocenters. The number of aryl methyl sites for hydroxylation is 2. The van der Waals surface area contributed by atoms with Gasteiger partial charge in [0.1, 0.15) is 0 Å². The van der Waals surface area contributed by atoms with Crippen molar-refractivity contribution < 1.29 is 14.7 Å². The predicted molar refractivity (Wildman–Crippen MR) is 79.5 cm³/mol. The SMILES string of the molecule is Cc1cc(CCC(=O)NC2CC(C(=O)O)C2)ccc1Br. The van der Waals surface area contributed by atoms with E-state index in [1.807, 2.05) is 19.1 Å². The highest BCUT2D eigenvalue weighted by molar-refractivity contribution is 9.10. The molecule has 1 aromatic rings. The molecule has 0 unspecified atom stereocenters. The van der Waals surface area contributed by atoms with Crippen molar-refractivity contribution in [2.75, 3.05) is 0 Å². The maximum atomic E-state index is 11.8. The minimum Gasteiger partial charge on any atom is -0.481 e. The van der Waals surface area contributed by atoms with Gasteiger partial charge in [0.15, 0.2) is 0 Å². The quantitative estimate of drug-likeness (QED) is 0.866. The molecule has 2 N–H and O–H groups in total. The summed E-state index contributed by atoms with van der Waals surface area (Å²) in [6, 6.07) is 6.11. The van der Waals surface area contributed by atoms with Gasteiger partial charge in [-0.2, -0.15) is 0 Å². The second kappa shape index (κ2) is 6.39. The van der Waals surface area contributed by atoms with E-state index in [2.05, 4.69) is 27.3 Å². The van der Waals surface area contributed by atoms with E-state index < -0.39 is 5.97 Å². The number of benzene rings is 1. The van der Waals surface area contributed by atoms with Crippen LogP contribution in [0, 0.1) is 12.8 Å². The van der Waals surface area contributed by atoms with E-state index in [9.17, 15) is 9.59 Å². The fraction of sp³-hybridized carbons (Fsp3) is 0.467. The summed E-state index contributed by atoms with van der Waals surface area (Å²) in [4.78, 5) is 22.4. The highest BCUT2D eigenvalue weighted by Gasteiger charge is 2.34. The molecule has 0 aliphatic heterocycles. The van der Waals surface area contributed by atoms with Gasteiger partial charge >= 0.3 is 5.97 Å². The van der Waals surface area contributed by atoms with Gasteiger partial charge in [-0.15, -0.1) is 0 Å². The number of aliphatic carboxylic acids is 1. The van der Waals surface area contributed by atoms with Crippen LogP contribution in [0.15, 0.2) is 22.7 Å². The second-order valence-corrected chi connectivity index (χ2v) is 6.21. The summed E-state index contributed by atoms with van der Waals surface area (Å²) in [5.41, 5.74) is 2.30. The molecule has 0 radical (unpaired) electrons. The topological polar surface area (TPSA) is 66.4 Å². The molecule has 1 aromatic carbocycles. The molecule has 1 aliphatic rings. The van der Waals surface area contributed by atoms with Crippen molar-refractivity contribution in [3.8, 4) is 0 Å². The fourth-order valence-corrected chi connectivity index (χ4v) is 2.60. The Morgan fingerprint density at radius 1 is 1.40 bits per heavy atom. The Hall–Kier alpha value is -1.36. The Kier molecular flexibility index (Phi) is 4.81. The minimum absolute atomic E-state index is 0.000546. The lowest BCUT2D eigenvalue weighted by atomic mass is 9.80.